The Morgan fingerprint density at radius 3 is 2.35 bits per heavy atom. The molecule has 0 spiro atoms. The zero-order valence-electron chi connectivity index (χ0n) is 13.3. The van der Waals surface area contributed by atoms with Gasteiger partial charge in [-0.3, -0.25) is 9.59 Å². The normalized spacial score (nSPS) is 10.0. The molecular formula is C18H20N2O3. The van der Waals surface area contributed by atoms with Crippen LogP contribution in [-0.4, -0.2) is 25.5 Å². The summed E-state index contributed by atoms with van der Waals surface area (Å²) in [4.78, 5) is 23.7. The highest BCUT2D eigenvalue weighted by Gasteiger charge is 2.13. The van der Waals surface area contributed by atoms with Crippen LogP contribution in [0.3, 0.4) is 0 Å². The van der Waals surface area contributed by atoms with Crippen LogP contribution in [0.5, 0.6) is 5.75 Å². The number of carbonyl (C=O) groups is 2. The first-order valence-corrected chi connectivity index (χ1v) is 7.38. The van der Waals surface area contributed by atoms with E-state index in [4.69, 9.17) is 4.74 Å². The molecule has 0 heterocycles. The van der Waals surface area contributed by atoms with Crippen LogP contribution < -0.4 is 15.4 Å². The van der Waals surface area contributed by atoms with Crippen LogP contribution in [0.1, 0.15) is 11.1 Å². The van der Waals surface area contributed by atoms with Crippen LogP contribution in [0.4, 0.5) is 5.69 Å². The van der Waals surface area contributed by atoms with Gasteiger partial charge in [-0.05, 0) is 42.7 Å². The zero-order chi connectivity index (χ0) is 16.7. The van der Waals surface area contributed by atoms with Gasteiger partial charge in [0.1, 0.15) is 5.75 Å². The Balaban J connectivity index is 1.79. The molecule has 0 bridgehead atoms. The number of ether oxygens (including phenoxy) is 1. The Bertz CT molecular complexity index is 681. The van der Waals surface area contributed by atoms with Crippen LogP contribution in [0.2, 0.25) is 0 Å². The second-order valence-electron chi connectivity index (χ2n) is 5.12. The number of rotatable bonds is 5. The number of anilines is 1. The van der Waals surface area contributed by atoms with E-state index in [0.717, 1.165) is 16.9 Å². The number of aryl methyl sites for hydroxylation is 1. The second kappa shape index (κ2) is 7.98. The monoisotopic (exact) mass is 312 g/mol. The number of methoxy groups -OCH3 is 1. The maximum Gasteiger partial charge on any atom is 0.313 e. The van der Waals surface area contributed by atoms with E-state index in [9.17, 15) is 9.59 Å². The summed E-state index contributed by atoms with van der Waals surface area (Å²) in [5.41, 5.74) is 2.61. The van der Waals surface area contributed by atoms with Gasteiger partial charge in [-0.1, -0.05) is 30.3 Å². The molecule has 0 saturated heterocycles. The fraction of sp³-hybridized carbons (Fsp3) is 0.222. The van der Waals surface area contributed by atoms with Crippen LogP contribution in [0.15, 0.2) is 48.5 Å². The minimum absolute atomic E-state index is 0.395. The standard InChI is InChI=1S/C18H20N2O3/c1-13-5-3-4-6-16(13)20-18(22)17(21)19-12-11-14-7-9-15(23-2)10-8-14/h3-10H,11-12H2,1-2H3,(H,19,21)(H,20,22). The highest BCUT2D eigenvalue weighted by molar-refractivity contribution is 6.39. The van der Waals surface area contributed by atoms with Gasteiger partial charge in [-0.2, -0.15) is 0 Å². The number of benzene rings is 2. The Morgan fingerprint density at radius 2 is 1.70 bits per heavy atom. The molecule has 0 atom stereocenters. The van der Waals surface area contributed by atoms with Crippen molar-refractivity contribution in [1.82, 2.24) is 5.32 Å². The summed E-state index contributed by atoms with van der Waals surface area (Å²) >= 11 is 0. The zero-order valence-corrected chi connectivity index (χ0v) is 13.3. The summed E-state index contributed by atoms with van der Waals surface area (Å²) in [7, 11) is 1.61. The van der Waals surface area contributed by atoms with Gasteiger partial charge >= 0.3 is 11.8 Å². The molecule has 5 nitrogen and oxygen atoms in total. The van der Waals surface area contributed by atoms with Crippen LogP contribution in [0.25, 0.3) is 0 Å². The molecule has 5 heteroatoms. The largest absolute Gasteiger partial charge is 0.497 e. The molecule has 0 fully saturated rings. The highest BCUT2D eigenvalue weighted by atomic mass is 16.5. The first kappa shape index (κ1) is 16.5. The quantitative estimate of drug-likeness (QED) is 0.833. The van der Waals surface area contributed by atoms with E-state index < -0.39 is 11.8 Å². The van der Waals surface area contributed by atoms with Gasteiger partial charge in [0.15, 0.2) is 0 Å². The summed E-state index contributed by atoms with van der Waals surface area (Å²) in [6.45, 7) is 2.27. The molecule has 23 heavy (non-hydrogen) atoms. The Hall–Kier alpha value is -2.82. The van der Waals surface area contributed by atoms with Gasteiger partial charge in [0.05, 0.1) is 7.11 Å². The van der Waals surface area contributed by atoms with Crippen LogP contribution in [-0.2, 0) is 16.0 Å². The van der Waals surface area contributed by atoms with Gasteiger partial charge in [0, 0.05) is 12.2 Å². The average molecular weight is 312 g/mol. The summed E-state index contributed by atoms with van der Waals surface area (Å²) in [5.74, 6) is -0.508. The van der Waals surface area contributed by atoms with Crippen LogP contribution in [0, 0.1) is 6.92 Å². The van der Waals surface area contributed by atoms with Crippen molar-refractivity contribution in [2.45, 2.75) is 13.3 Å². The maximum atomic E-state index is 11.9. The number of hydrogen-bond acceptors (Lipinski definition) is 3. The van der Waals surface area contributed by atoms with E-state index in [-0.39, 0.29) is 0 Å². The van der Waals surface area contributed by atoms with E-state index in [2.05, 4.69) is 10.6 Å². The molecular weight excluding hydrogens is 292 g/mol. The minimum Gasteiger partial charge on any atom is -0.497 e. The predicted octanol–water partition coefficient (Wildman–Crippen LogP) is 2.30. The van der Waals surface area contributed by atoms with E-state index in [1.54, 1.807) is 13.2 Å². The molecule has 0 unspecified atom stereocenters. The van der Waals surface area contributed by atoms with Crippen molar-refractivity contribution in [2.24, 2.45) is 0 Å². The molecule has 0 radical (unpaired) electrons. The van der Waals surface area contributed by atoms with Gasteiger partial charge < -0.3 is 15.4 Å². The topological polar surface area (TPSA) is 67.4 Å². The third-order valence-electron chi connectivity index (χ3n) is 3.46. The fourth-order valence-corrected chi connectivity index (χ4v) is 2.09. The molecule has 0 aliphatic rings. The fourth-order valence-electron chi connectivity index (χ4n) is 2.09. The molecule has 2 N–H and O–H groups in total. The lowest BCUT2D eigenvalue weighted by molar-refractivity contribution is -0.136. The Morgan fingerprint density at radius 1 is 1.00 bits per heavy atom. The lowest BCUT2D eigenvalue weighted by atomic mass is 10.1. The Labute approximate surface area is 135 Å². The van der Waals surface area contributed by atoms with Gasteiger partial charge in [0.25, 0.3) is 0 Å². The minimum atomic E-state index is -0.658. The van der Waals surface area contributed by atoms with Crippen molar-refractivity contribution < 1.29 is 14.3 Å². The molecule has 0 aliphatic heterocycles. The van der Waals surface area contributed by atoms with Gasteiger partial charge in [0.2, 0.25) is 0 Å². The number of para-hydroxylation sites is 1. The smallest absolute Gasteiger partial charge is 0.313 e. The van der Waals surface area contributed by atoms with Gasteiger partial charge in [-0.15, -0.1) is 0 Å². The Kier molecular flexibility index (Phi) is 5.74. The van der Waals surface area contributed by atoms with E-state index >= 15 is 0 Å². The summed E-state index contributed by atoms with van der Waals surface area (Å²) in [6, 6.07) is 14.9. The van der Waals surface area contributed by atoms with Crippen molar-refractivity contribution in [3.05, 3.63) is 59.7 Å². The molecule has 0 aromatic heterocycles. The number of hydrogen-bond donors (Lipinski definition) is 2. The molecule has 2 rings (SSSR count). The maximum absolute atomic E-state index is 11.9. The van der Waals surface area contributed by atoms with Crippen molar-refractivity contribution in [3.8, 4) is 5.75 Å². The highest BCUT2D eigenvalue weighted by Crippen LogP contribution is 2.13. The van der Waals surface area contributed by atoms with Crippen molar-refractivity contribution in [2.75, 3.05) is 19.0 Å². The van der Waals surface area contributed by atoms with E-state index in [0.29, 0.717) is 18.7 Å². The second-order valence-corrected chi connectivity index (χ2v) is 5.12. The molecule has 0 aliphatic carbocycles. The predicted molar refractivity (Wildman–Crippen MR) is 89.5 cm³/mol. The third kappa shape index (κ3) is 4.85. The SMILES string of the molecule is COc1ccc(CCNC(=O)C(=O)Nc2ccccc2C)cc1. The van der Waals surface area contributed by atoms with Crippen molar-refractivity contribution in [3.63, 3.8) is 0 Å². The summed E-state index contributed by atoms with van der Waals surface area (Å²) < 4.78 is 5.09. The average Bonchev–Trinajstić information content (AvgIpc) is 2.57. The molecule has 0 saturated carbocycles. The molecule has 2 amide bonds. The lowest BCUT2D eigenvalue weighted by Crippen LogP contribution is -2.36. The van der Waals surface area contributed by atoms with Crippen molar-refractivity contribution in [1.29, 1.82) is 0 Å². The lowest BCUT2D eigenvalue weighted by Gasteiger charge is -2.08. The first-order valence-electron chi connectivity index (χ1n) is 7.38. The number of nitrogens with one attached hydrogen (secondary N) is 2. The number of carbonyl (C=O) groups excluding carboxylic acids is 2. The number of amides is 2. The van der Waals surface area contributed by atoms with Crippen LogP contribution >= 0.6 is 0 Å². The summed E-state index contributed by atoms with van der Waals surface area (Å²) in [5, 5.41) is 5.22. The van der Waals surface area contributed by atoms with Gasteiger partial charge in [-0.25, -0.2) is 0 Å². The first-order chi connectivity index (χ1) is 11.1. The molecule has 2 aromatic carbocycles. The van der Waals surface area contributed by atoms with Crippen molar-refractivity contribution >= 4 is 17.5 Å². The van der Waals surface area contributed by atoms with E-state index in [1.165, 1.54) is 0 Å². The third-order valence-corrected chi connectivity index (χ3v) is 3.46. The molecule has 120 valence electrons. The van der Waals surface area contributed by atoms with E-state index in [1.807, 2.05) is 49.4 Å². The molecule has 2 aromatic rings. The summed E-state index contributed by atoms with van der Waals surface area (Å²) in [6.07, 6.45) is 0.646.